The average Bonchev–Trinajstić information content (AvgIpc) is 2.83. The molecule has 3 N–H and O–H groups in total. The van der Waals surface area contributed by atoms with Crippen LogP contribution in [0, 0.1) is 11.7 Å². The van der Waals surface area contributed by atoms with Crippen LogP contribution in [0.2, 0.25) is 0 Å². The molecule has 21 heavy (non-hydrogen) atoms. The Morgan fingerprint density at radius 2 is 2.05 bits per heavy atom. The van der Waals surface area contributed by atoms with Gasteiger partial charge in [0.25, 0.3) is 0 Å². The number of halogens is 2. The van der Waals surface area contributed by atoms with Crippen LogP contribution in [0.25, 0.3) is 0 Å². The summed E-state index contributed by atoms with van der Waals surface area (Å²) in [6.45, 7) is 4.30. The van der Waals surface area contributed by atoms with E-state index in [-0.39, 0.29) is 36.1 Å². The van der Waals surface area contributed by atoms with Crippen molar-refractivity contribution in [1.29, 1.82) is 0 Å². The third-order valence-corrected chi connectivity index (χ3v) is 4.15. The largest absolute Gasteiger partial charge is 0.355 e. The molecule has 1 fully saturated rings. The van der Waals surface area contributed by atoms with Crippen molar-refractivity contribution in [3.63, 3.8) is 0 Å². The Hall–Kier alpha value is -1.13. The van der Waals surface area contributed by atoms with Gasteiger partial charge in [-0.15, -0.1) is 12.4 Å². The Balaban J connectivity index is 0.00000220. The van der Waals surface area contributed by atoms with E-state index < -0.39 is 5.41 Å². The summed E-state index contributed by atoms with van der Waals surface area (Å²) in [5, 5.41) is 2.95. The SMILES string of the molecule is CC(C)(CNC(=O)C1CCC(N)C1)c1ccccc1F.Cl. The molecule has 1 aromatic carbocycles. The Morgan fingerprint density at radius 3 is 2.62 bits per heavy atom. The lowest BCUT2D eigenvalue weighted by Gasteiger charge is -2.26. The number of rotatable bonds is 4. The van der Waals surface area contributed by atoms with Crippen molar-refractivity contribution >= 4 is 18.3 Å². The van der Waals surface area contributed by atoms with Crippen LogP contribution >= 0.6 is 12.4 Å². The maximum atomic E-state index is 13.8. The summed E-state index contributed by atoms with van der Waals surface area (Å²) in [7, 11) is 0. The van der Waals surface area contributed by atoms with Crippen molar-refractivity contribution in [2.24, 2.45) is 11.7 Å². The molecule has 3 nitrogen and oxygen atoms in total. The normalized spacial score (nSPS) is 21.7. The van der Waals surface area contributed by atoms with Gasteiger partial charge in [0.05, 0.1) is 0 Å². The maximum absolute atomic E-state index is 13.8. The van der Waals surface area contributed by atoms with Crippen molar-refractivity contribution in [3.8, 4) is 0 Å². The van der Waals surface area contributed by atoms with Crippen molar-refractivity contribution < 1.29 is 9.18 Å². The second-order valence-corrected chi connectivity index (χ2v) is 6.35. The van der Waals surface area contributed by atoms with E-state index in [1.54, 1.807) is 12.1 Å². The molecule has 2 unspecified atom stereocenters. The standard InChI is InChI=1S/C16H23FN2O.ClH/c1-16(2,13-5-3-4-6-14(13)17)10-19-15(20)11-7-8-12(18)9-11;/h3-6,11-12H,7-10,18H2,1-2H3,(H,19,20);1H. The zero-order valence-electron chi connectivity index (χ0n) is 12.6. The summed E-state index contributed by atoms with van der Waals surface area (Å²) < 4.78 is 13.8. The molecule has 1 amide bonds. The molecule has 1 aromatic rings. The summed E-state index contributed by atoms with van der Waals surface area (Å²) in [4.78, 5) is 12.1. The minimum absolute atomic E-state index is 0. The van der Waals surface area contributed by atoms with Crippen LogP contribution < -0.4 is 11.1 Å². The molecule has 0 radical (unpaired) electrons. The monoisotopic (exact) mass is 314 g/mol. The molecule has 1 aliphatic rings. The molecule has 0 spiro atoms. The van der Waals surface area contributed by atoms with Crippen molar-refractivity contribution in [3.05, 3.63) is 35.6 Å². The number of amides is 1. The molecular formula is C16H24ClFN2O. The lowest BCUT2D eigenvalue weighted by Crippen LogP contribution is -2.39. The third-order valence-electron chi connectivity index (χ3n) is 4.15. The van der Waals surface area contributed by atoms with Gasteiger partial charge < -0.3 is 11.1 Å². The Bertz CT molecular complexity index is 493. The van der Waals surface area contributed by atoms with Gasteiger partial charge in [0.1, 0.15) is 5.82 Å². The van der Waals surface area contributed by atoms with Gasteiger partial charge in [0.2, 0.25) is 5.91 Å². The molecule has 5 heteroatoms. The Labute approximate surface area is 131 Å². The summed E-state index contributed by atoms with van der Waals surface area (Å²) in [5.41, 5.74) is 6.03. The minimum atomic E-state index is -0.429. The van der Waals surface area contributed by atoms with Crippen LogP contribution in [-0.2, 0) is 10.2 Å². The van der Waals surface area contributed by atoms with E-state index in [1.807, 2.05) is 19.9 Å². The number of nitrogens with one attached hydrogen (secondary N) is 1. The van der Waals surface area contributed by atoms with Crippen LogP contribution in [0.1, 0.15) is 38.7 Å². The first-order chi connectivity index (χ1) is 9.40. The molecule has 1 saturated carbocycles. The lowest BCUT2D eigenvalue weighted by atomic mass is 9.84. The fourth-order valence-electron chi connectivity index (χ4n) is 2.81. The van der Waals surface area contributed by atoms with Crippen molar-refractivity contribution in [2.45, 2.75) is 44.6 Å². The van der Waals surface area contributed by atoms with Crippen LogP contribution in [0.5, 0.6) is 0 Å². The molecule has 118 valence electrons. The van der Waals surface area contributed by atoms with Crippen LogP contribution in [0.15, 0.2) is 24.3 Å². The van der Waals surface area contributed by atoms with Gasteiger partial charge in [-0.25, -0.2) is 4.39 Å². The number of nitrogens with two attached hydrogens (primary N) is 1. The van der Waals surface area contributed by atoms with E-state index in [0.29, 0.717) is 12.1 Å². The smallest absolute Gasteiger partial charge is 0.223 e. The topological polar surface area (TPSA) is 55.1 Å². The molecule has 0 saturated heterocycles. The summed E-state index contributed by atoms with van der Waals surface area (Å²) in [6.07, 6.45) is 2.52. The summed E-state index contributed by atoms with van der Waals surface area (Å²) in [6, 6.07) is 6.86. The number of benzene rings is 1. The van der Waals surface area contributed by atoms with Gasteiger partial charge in [-0.05, 0) is 30.9 Å². The third kappa shape index (κ3) is 4.42. The van der Waals surface area contributed by atoms with E-state index in [1.165, 1.54) is 6.07 Å². The first kappa shape index (κ1) is 17.9. The molecule has 0 aromatic heterocycles. The van der Waals surface area contributed by atoms with Crippen LogP contribution in [-0.4, -0.2) is 18.5 Å². The van der Waals surface area contributed by atoms with Gasteiger partial charge in [0.15, 0.2) is 0 Å². The second kappa shape index (κ2) is 7.23. The highest BCUT2D eigenvalue weighted by atomic mass is 35.5. The highest BCUT2D eigenvalue weighted by molar-refractivity contribution is 5.85. The number of carbonyl (C=O) groups is 1. The highest BCUT2D eigenvalue weighted by Crippen LogP contribution is 2.27. The van der Waals surface area contributed by atoms with Crippen LogP contribution in [0.4, 0.5) is 4.39 Å². The highest BCUT2D eigenvalue weighted by Gasteiger charge is 2.30. The first-order valence-electron chi connectivity index (χ1n) is 7.18. The second-order valence-electron chi connectivity index (χ2n) is 6.35. The van der Waals surface area contributed by atoms with Gasteiger partial charge in [-0.3, -0.25) is 4.79 Å². The van der Waals surface area contributed by atoms with E-state index >= 15 is 0 Å². The van der Waals surface area contributed by atoms with Gasteiger partial charge in [-0.1, -0.05) is 32.0 Å². The molecule has 1 aliphatic carbocycles. The average molecular weight is 315 g/mol. The summed E-state index contributed by atoms with van der Waals surface area (Å²) in [5.74, 6) is -0.168. The van der Waals surface area contributed by atoms with Gasteiger partial charge >= 0.3 is 0 Å². The van der Waals surface area contributed by atoms with E-state index in [2.05, 4.69) is 5.32 Å². The fraction of sp³-hybridized carbons (Fsp3) is 0.562. The van der Waals surface area contributed by atoms with Crippen LogP contribution in [0.3, 0.4) is 0 Å². The minimum Gasteiger partial charge on any atom is -0.355 e. The zero-order valence-corrected chi connectivity index (χ0v) is 13.4. The summed E-state index contributed by atoms with van der Waals surface area (Å²) >= 11 is 0. The number of hydrogen-bond donors (Lipinski definition) is 2. The first-order valence-corrected chi connectivity index (χ1v) is 7.18. The van der Waals surface area contributed by atoms with Crippen molar-refractivity contribution in [1.82, 2.24) is 5.32 Å². The van der Waals surface area contributed by atoms with E-state index in [0.717, 1.165) is 19.3 Å². The van der Waals surface area contributed by atoms with Crippen molar-refractivity contribution in [2.75, 3.05) is 6.54 Å². The fourth-order valence-corrected chi connectivity index (χ4v) is 2.81. The van der Waals surface area contributed by atoms with Gasteiger partial charge in [-0.2, -0.15) is 0 Å². The zero-order chi connectivity index (χ0) is 14.8. The van der Waals surface area contributed by atoms with E-state index in [9.17, 15) is 9.18 Å². The number of carbonyl (C=O) groups excluding carboxylic acids is 1. The lowest BCUT2D eigenvalue weighted by molar-refractivity contribution is -0.125. The molecule has 2 rings (SSSR count). The quantitative estimate of drug-likeness (QED) is 0.898. The van der Waals surface area contributed by atoms with Gasteiger partial charge in [0, 0.05) is 23.9 Å². The molecule has 2 atom stereocenters. The predicted molar refractivity (Wildman–Crippen MR) is 85.0 cm³/mol. The Kier molecular flexibility index (Phi) is 6.17. The van der Waals surface area contributed by atoms with E-state index in [4.69, 9.17) is 5.73 Å². The number of hydrogen-bond acceptors (Lipinski definition) is 2. The molecule has 0 heterocycles. The predicted octanol–water partition coefficient (Wildman–Crippen LogP) is 2.77. The molecule has 0 bridgehead atoms. The molecule has 0 aliphatic heterocycles. The molecular weight excluding hydrogens is 291 g/mol. The maximum Gasteiger partial charge on any atom is 0.223 e. The Morgan fingerprint density at radius 1 is 1.38 bits per heavy atom.